The number of carbonyl (C=O) groups excluding carboxylic acids is 1. The fourth-order valence-electron chi connectivity index (χ4n) is 3.93. The molecule has 1 saturated carbocycles. The van der Waals surface area contributed by atoms with Gasteiger partial charge in [-0.25, -0.2) is 0 Å². The minimum atomic E-state index is 0.0110. The van der Waals surface area contributed by atoms with E-state index >= 15 is 0 Å². The molecule has 4 nitrogen and oxygen atoms in total. The van der Waals surface area contributed by atoms with Crippen LogP contribution in [0.2, 0.25) is 5.02 Å². The van der Waals surface area contributed by atoms with Crippen LogP contribution in [0.15, 0.2) is 18.2 Å². The minimum absolute atomic E-state index is 0.0110. The second kappa shape index (κ2) is 6.32. The molecule has 0 spiro atoms. The maximum absolute atomic E-state index is 12.9. The molecule has 2 aromatic rings. The predicted molar refractivity (Wildman–Crippen MR) is 96.0 cm³/mol. The third kappa shape index (κ3) is 2.67. The van der Waals surface area contributed by atoms with Crippen LogP contribution in [0.3, 0.4) is 0 Å². The van der Waals surface area contributed by atoms with Gasteiger partial charge in [0.15, 0.2) is 0 Å². The SMILES string of the molecule is CC[C@H]1Cn2c(C(=O)NC3CCCCC3)cc3c(Cl)ccc(c32)O1. The van der Waals surface area contributed by atoms with Crippen molar-refractivity contribution in [2.24, 2.45) is 0 Å². The van der Waals surface area contributed by atoms with Crippen molar-refractivity contribution < 1.29 is 9.53 Å². The van der Waals surface area contributed by atoms with E-state index in [1.807, 2.05) is 18.2 Å². The molecule has 1 fully saturated rings. The first-order chi connectivity index (χ1) is 11.7. The molecule has 5 heteroatoms. The zero-order valence-electron chi connectivity index (χ0n) is 14.0. The van der Waals surface area contributed by atoms with Crippen LogP contribution in [0.4, 0.5) is 0 Å². The fourth-order valence-corrected chi connectivity index (χ4v) is 4.13. The Hall–Kier alpha value is -1.68. The van der Waals surface area contributed by atoms with Crippen molar-refractivity contribution in [2.75, 3.05) is 0 Å². The van der Waals surface area contributed by atoms with Gasteiger partial charge in [0, 0.05) is 11.4 Å². The Kier molecular flexibility index (Phi) is 4.17. The van der Waals surface area contributed by atoms with Gasteiger partial charge in [0.1, 0.15) is 17.5 Å². The minimum Gasteiger partial charge on any atom is -0.486 e. The number of rotatable bonds is 3. The number of ether oxygens (including phenoxy) is 1. The Labute approximate surface area is 147 Å². The van der Waals surface area contributed by atoms with E-state index in [9.17, 15) is 4.79 Å². The number of nitrogens with zero attached hydrogens (tertiary/aromatic N) is 1. The predicted octanol–water partition coefficient (Wildman–Crippen LogP) is 4.53. The van der Waals surface area contributed by atoms with Crippen molar-refractivity contribution in [3.05, 3.63) is 28.9 Å². The van der Waals surface area contributed by atoms with Crippen LogP contribution < -0.4 is 10.1 Å². The number of amides is 1. The molecule has 128 valence electrons. The first-order valence-electron chi connectivity index (χ1n) is 8.96. The van der Waals surface area contributed by atoms with Gasteiger partial charge in [0.2, 0.25) is 0 Å². The Morgan fingerprint density at radius 1 is 1.33 bits per heavy atom. The quantitative estimate of drug-likeness (QED) is 0.887. The van der Waals surface area contributed by atoms with Gasteiger partial charge in [-0.15, -0.1) is 0 Å². The number of hydrogen-bond acceptors (Lipinski definition) is 2. The lowest BCUT2D eigenvalue weighted by Crippen LogP contribution is -2.38. The molecule has 4 rings (SSSR count). The number of aromatic nitrogens is 1. The van der Waals surface area contributed by atoms with E-state index in [0.29, 0.717) is 23.3 Å². The largest absolute Gasteiger partial charge is 0.486 e. The highest BCUT2D eigenvalue weighted by molar-refractivity contribution is 6.36. The number of halogens is 1. The summed E-state index contributed by atoms with van der Waals surface area (Å²) >= 11 is 6.36. The molecule has 2 heterocycles. The Balaban J connectivity index is 1.72. The normalized spacial score (nSPS) is 20.8. The molecule has 0 saturated heterocycles. The summed E-state index contributed by atoms with van der Waals surface area (Å²) in [7, 11) is 0. The van der Waals surface area contributed by atoms with Gasteiger partial charge in [-0.1, -0.05) is 37.8 Å². The lowest BCUT2D eigenvalue weighted by Gasteiger charge is -2.27. The number of benzene rings is 1. The van der Waals surface area contributed by atoms with Crippen molar-refractivity contribution in [1.82, 2.24) is 9.88 Å². The van der Waals surface area contributed by atoms with Crippen LogP contribution >= 0.6 is 11.6 Å². The van der Waals surface area contributed by atoms with Gasteiger partial charge in [-0.3, -0.25) is 4.79 Å². The van der Waals surface area contributed by atoms with Crippen LogP contribution in [-0.2, 0) is 6.54 Å². The molecule has 1 aliphatic heterocycles. The van der Waals surface area contributed by atoms with E-state index in [2.05, 4.69) is 16.8 Å². The van der Waals surface area contributed by atoms with Gasteiger partial charge < -0.3 is 14.6 Å². The van der Waals surface area contributed by atoms with Crippen LogP contribution in [0.1, 0.15) is 55.9 Å². The highest BCUT2D eigenvalue weighted by atomic mass is 35.5. The highest BCUT2D eigenvalue weighted by Crippen LogP contribution is 2.38. The van der Waals surface area contributed by atoms with Crippen molar-refractivity contribution >= 4 is 28.4 Å². The maximum Gasteiger partial charge on any atom is 0.268 e. The standard InChI is InChI=1S/C19H23ClN2O2/c1-2-13-11-22-16(19(23)21-12-6-4-3-5-7-12)10-14-15(20)8-9-17(24-13)18(14)22/h8-10,12-13H,2-7,11H2,1H3,(H,21,23)/t13-/m0/s1. The highest BCUT2D eigenvalue weighted by Gasteiger charge is 2.28. The molecule has 1 amide bonds. The van der Waals surface area contributed by atoms with Crippen LogP contribution in [0.5, 0.6) is 5.75 Å². The average molecular weight is 347 g/mol. The van der Waals surface area contributed by atoms with E-state index in [0.717, 1.165) is 35.9 Å². The summed E-state index contributed by atoms with van der Waals surface area (Å²) in [5.74, 6) is 0.834. The number of hydrogen-bond donors (Lipinski definition) is 1. The maximum atomic E-state index is 12.9. The van der Waals surface area contributed by atoms with Crippen LogP contribution in [-0.4, -0.2) is 22.6 Å². The van der Waals surface area contributed by atoms with Gasteiger partial charge >= 0.3 is 0 Å². The topological polar surface area (TPSA) is 43.3 Å². The zero-order chi connectivity index (χ0) is 16.7. The smallest absolute Gasteiger partial charge is 0.268 e. The molecular weight excluding hydrogens is 324 g/mol. The van der Waals surface area contributed by atoms with E-state index < -0.39 is 0 Å². The average Bonchev–Trinajstić information content (AvgIpc) is 3.00. The van der Waals surface area contributed by atoms with Crippen LogP contribution in [0, 0.1) is 0 Å². The Morgan fingerprint density at radius 2 is 2.12 bits per heavy atom. The van der Waals surface area contributed by atoms with Crippen molar-refractivity contribution in [1.29, 1.82) is 0 Å². The van der Waals surface area contributed by atoms with Crippen molar-refractivity contribution in [3.8, 4) is 5.75 Å². The van der Waals surface area contributed by atoms with E-state index in [-0.39, 0.29) is 12.0 Å². The first kappa shape index (κ1) is 15.8. The summed E-state index contributed by atoms with van der Waals surface area (Å²) in [4.78, 5) is 12.9. The van der Waals surface area contributed by atoms with Crippen LogP contribution in [0.25, 0.3) is 10.9 Å². The summed E-state index contributed by atoms with van der Waals surface area (Å²) in [5.41, 5.74) is 1.65. The van der Waals surface area contributed by atoms with Crippen molar-refractivity contribution in [3.63, 3.8) is 0 Å². The third-order valence-electron chi connectivity index (χ3n) is 5.28. The molecule has 0 bridgehead atoms. The van der Waals surface area contributed by atoms with Gasteiger partial charge in [0.05, 0.1) is 17.1 Å². The lowest BCUT2D eigenvalue weighted by atomic mass is 9.95. The molecule has 0 radical (unpaired) electrons. The summed E-state index contributed by atoms with van der Waals surface area (Å²) < 4.78 is 8.13. The lowest BCUT2D eigenvalue weighted by molar-refractivity contribution is 0.0912. The first-order valence-corrected chi connectivity index (χ1v) is 9.34. The Morgan fingerprint density at radius 3 is 2.88 bits per heavy atom. The monoisotopic (exact) mass is 346 g/mol. The van der Waals surface area contributed by atoms with Crippen molar-refractivity contribution in [2.45, 2.75) is 64.1 Å². The second-order valence-corrected chi connectivity index (χ2v) is 7.31. The third-order valence-corrected chi connectivity index (χ3v) is 5.61. The molecule has 24 heavy (non-hydrogen) atoms. The zero-order valence-corrected chi connectivity index (χ0v) is 14.7. The van der Waals surface area contributed by atoms with Gasteiger partial charge in [-0.2, -0.15) is 0 Å². The van der Waals surface area contributed by atoms with Gasteiger partial charge in [0.25, 0.3) is 5.91 Å². The molecule has 1 aliphatic carbocycles. The number of nitrogens with one attached hydrogen (secondary N) is 1. The summed E-state index contributed by atoms with van der Waals surface area (Å²) in [5, 5.41) is 4.79. The van der Waals surface area contributed by atoms with E-state index in [1.165, 1.54) is 19.3 Å². The molecule has 1 atom stereocenters. The fraction of sp³-hybridized carbons (Fsp3) is 0.526. The molecule has 0 unspecified atom stereocenters. The summed E-state index contributed by atoms with van der Waals surface area (Å²) in [6, 6.07) is 5.98. The van der Waals surface area contributed by atoms with E-state index in [4.69, 9.17) is 16.3 Å². The Bertz CT molecular complexity index is 777. The second-order valence-electron chi connectivity index (χ2n) is 6.90. The molecular formula is C19H23ClN2O2. The molecule has 2 aliphatic rings. The number of carbonyl (C=O) groups is 1. The van der Waals surface area contributed by atoms with E-state index in [1.54, 1.807) is 0 Å². The molecule has 1 N–H and O–H groups in total. The molecule has 1 aromatic heterocycles. The summed E-state index contributed by atoms with van der Waals surface area (Å²) in [6.45, 7) is 2.80. The molecule has 1 aromatic carbocycles. The van der Waals surface area contributed by atoms with Gasteiger partial charge in [-0.05, 0) is 37.5 Å². The summed E-state index contributed by atoms with van der Waals surface area (Å²) in [6.07, 6.45) is 6.85.